The molecular formula is C11H13IN4. The maximum atomic E-state index is 6.22. The molecule has 0 bridgehead atoms. The van der Waals surface area contributed by atoms with E-state index in [0.29, 0.717) is 5.96 Å². The number of nitrogens with one attached hydrogen (secondary N) is 1. The van der Waals surface area contributed by atoms with E-state index in [0.717, 1.165) is 14.8 Å². The van der Waals surface area contributed by atoms with Crippen LogP contribution in [0.5, 0.6) is 0 Å². The second-order valence-corrected chi connectivity index (χ2v) is 5.03. The Kier molecular flexibility index (Phi) is 2.90. The highest BCUT2D eigenvalue weighted by Gasteiger charge is 2.27. The van der Waals surface area contributed by atoms with Crippen LogP contribution in [0.15, 0.2) is 41.0 Å². The lowest BCUT2D eigenvalue weighted by molar-refractivity contribution is 0.573. The van der Waals surface area contributed by atoms with Crippen LogP contribution in [-0.4, -0.2) is 5.96 Å². The van der Waals surface area contributed by atoms with Crippen LogP contribution in [-0.2, 0) is 5.66 Å². The molecule has 1 aliphatic rings. The number of rotatable bonds is 1. The van der Waals surface area contributed by atoms with E-state index < -0.39 is 5.66 Å². The summed E-state index contributed by atoms with van der Waals surface area (Å²) in [7, 11) is 0. The molecule has 0 saturated carbocycles. The van der Waals surface area contributed by atoms with Gasteiger partial charge in [-0.3, -0.25) is 5.73 Å². The summed E-state index contributed by atoms with van der Waals surface area (Å²) in [6.45, 7) is 1.91. The summed E-state index contributed by atoms with van der Waals surface area (Å²) in [5, 5.41) is 2.92. The molecule has 84 valence electrons. The summed E-state index contributed by atoms with van der Waals surface area (Å²) < 4.78 is 1.16. The highest BCUT2D eigenvalue weighted by atomic mass is 127. The average Bonchev–Trinajstić information content (AvgIpc) is 2.16. The van der Waals surface area contributed by atoms with Gasteiger partial charge in [-0.2, -0.15) is 0 Å². The molecule has 16 heavy (non-hydrogen) atoms. The smallest absolute Gasteiger partial charge is 0.195 e. The van der Waals surface area contributed by atoms with Crippen molar-refractivity contribution in [2.24, 2.45) is 16.5 Å². The monoisotopic (exact) mass is 328 g/mol. The Morgan fingerprint density at radius 1 is 1.31 bits per heavy atom. The van der Waals surface area contributed by atoms with E-state index in [1.807, 2.05) is 37.3 Å². The molecule has 1 unspecified atom stereocenters. The number of hydrogen-bond acceptors (Lipinski definition) is 4. The van der Waals surface area contributed by atoms with Gasteiger partial charge in [0.2, 0.25) is 0 Å². The third-order valence-corrected chi connectivity index (χ3v) is 3.09. The molecule has 1 atom stereocenters. The summed E-state index contributed by atoms with van der Waals surface area (Å²) in [4.78, 5) is 4.25. The zero-order valence-corrected chi connectivity index (χ0v) is 11.0. The highest BCUT2D eigenvalue weighted by Crippen LogP contribution is 2.25. The number of benzene rings is 1. The van der Waals surface area contributed by atoms with E-state index >= 15 is 0 Å². The van der Waals surface area contributed by atoms with Crippen molar-refractivity contribution in [3.05, 3.63) is 45.2 Å². The first-order valence-corrected chi connectivity index (χ1v) is 5.94. The predicted octanol–water partition coefficient (Wildman–Crippen LogP) is 1.22. The zero-order chi connectivity index (χ0) is 11.8. The van der Waals surface area contributed by atoms with Crippen molar-refractivity contribution in [2.75, 3.05) is 0 Å². The molecular weight excluding hydrogens is 315 g/mol. The summed E-state index contributed by atoms with van der Waals surface area (Å²) in [5.74, 6) is 0.348. The summed E-state index contributed by atoms with van der Waals surface area (Å²) in [6.07, 6.45) is 1.87. The Morgan fingerprint density at radius 3 is 2.50 bits per heavy atom. The molecule has 1 aromatic carbocycles. The minimum atomic E-state index is -0.857. The Hall–Kier alpha value is -1.08. The van der Waals surface area contributed by atoms with Crippen molar-refractivity contribution in [2.45, 2.75) is 12.6 Å². The molecule has 0 saturated heterocycles. The van der Waals surface area contributed by atoms with Crippen LogP contribution in [0.2, 0.25) is 0 Å². The fourth-order valence-corrected chi connectivity index (χ4v) is 2.05. The van der Waals surface area contributed by atoms with Gasteiger partial charge in [-0.25, -0.2) is 4.99 Å². The minimum absolute atomic E-state index is 0.348. The molecule has 1 aromatic rings. The molecule has 0 spiro atoms. The molecule has 0 fully saturated rings. The zero-order valence-electron chi connectivity index (χ0n) is 8.87. The second kappa shape index (κ2) is 4.06. The van der Waals surface area contributed by atoms with Gasteiger partial charge in [0, 0.05) is 9.27 Å². The van der Waals surface area contributed by atoms with Crippen molar-refractivity contribution in [3.8, 4) is 0 Å². The number of allylic oxidation sites excluding steroid dienone is 1. The minimum Gasteiger partial charge on any atom is -0.370 e. The van der Waals surface area contributed by atoms with Crippen LogP contribution in [0.25, 0.3) is 0 Å². The van der Waals surface area contributed by atoms with Gasteiger partial charge in [0.25, 0.3) is 0 Å². The number of aliphatic imine (C=N–C) groups is 1. The third-order valence-electron chi connectivity index (χ3n) is 2.37. The van der Waals surface area contributed by atoms with Crippen molar-refractivity contribution in [1.29, 1.82) is 0 Å². The van der Waals surface area contributed by atoms with Gasteiger partial charge in [0.15, 0.2) is 11.6 Å². The normalized spacial score (nSPS) is 24.4. The quantitative estimate of drug-likeness (QED) is 0.679. The van der Waals surface area contributed by atoms with E-state index in [1.54, 1.807) is 0 Å². The van der Waals surface area contributed by atoms with Crippen LogP contribution in [0, 0.1) is 3.57 Å². The SMILES string of the molecule is CC1=CC(N)(c2ccc(I)cc2)N=C(N)N1. The Bertz CT molecular complexity index is 443. The van der Waals surface area contributed by atoms with Crippen molar-refractivity contribution >= 4 is 28.6 Å². The van der Waals surface area contributed by atoms with Gasteiger partial charge < -0.3 is 11.1 Å². The van der Waals surface area contributed by atoms with Crippen molar-refractivity contribution < 1.29 is 0 Å². The van der Waals surface area contributed by atoms with E-state index in [9.17, 15) is 0 Å². The van der Waals surface area contributed by atoms with E-state index in [2.05, 4.69) is 32.9 Å². The van der Waals surface area contributed by atoms with Gasteiger partial charge in [-0.05, 0) is 53.3 Å². The first kappa shape index (κ1) is 11.4. The molecule has 4 nitrogen and oxygen atoms in total. The van der Waals surface area contributed by atoms with Crippen LogP contribution in [0.4, 0.5) is 0 Å². The van der Waals surface area contributed by atoms with Crippen LogP contribution < -0.4 is 16.8 Å². The standard InChI is InChI=1S/C11H13IN4/c1-7-6-11(14,16-10(13)15-7)8-2-4-9(12)5-3-8/h2-6H,14H2,1H3,(H3,13,15,16). The summed E-state index contributed by atoms with van der Waals surface area (Å²) in [6, 6.07) is 7.93. The molecule has 0 radical (unpaired) electrons. The number of nitrogens with two attached hydrogens (primary N) is 2. The largest absolute Gasteiger partial charge is 0.370 e. The Labute approximate surface area is 108 Å². The predicted molar refractivity (Wildman–Crippen MR) is 73.5 cm³/mol. The number of halogens is 1. The van der Waals surface area contributed by atoms with E-state index in [-0.39, 0.29) is 0 Å². The number of nitrogens with zero attached hydrogens (tertiary/aromatic N) is 1. The molecule has 1 aliphatic heterocycles. The Morgan fingerprint density at radius 2 is 1.94 bits per heavy atom. The molecule has 1 heterocycles. The first-order valence-electron chi connectivity index (χ1n) is 4.86. The fourth-order valence-electron chi connectivity index (χ4n) is 1.69. The van der Waals surface area contributed by atoms with E-state index in [1.165, 1.54) is 0 Å². The summed E-state index contributed by atoms with van der Waals surface area (Å²) in [5.41, 5.74) is 12.9. The van der Waals surface area contributed by atoms with Gasteiger partial charge >= 0.3 is 0 Å². The molecule has 0 aliphatic carbocycles. The van der Waals surface area contributed by atoms with Gasteiger partial charge in [-0.15, -0.1) is 0 Å². The average molecular weight is 328 g/mol. The molecule has 5 heteroatoms. The van der Waals surface area contributed by atoms with Gasteiger partial charge in [0.1, 0.15) is 0 Å². The molecule has 2 rings (SSSR count). The fraction of sp³-hybridized carbons (Fsp3) is 0.182. The lowest BCUT2D eigenvalue weighted by atomic mass is 9.99. The van der Waals surface area contributed by atoms with E-state index in [4.69, 9.17) is 11.5 Å². The second-order valence-electron chi connectivity index (χ2n) is 3.78. The summed E-state index contributed by atoms with van der Waals surface area (Å²) >= 11 is 2.25. The lowest BCUT2D eigenvalue weighted by Crippen LogP contribution is -2.44. The van der Waals surface area contributed by atoms with Crippen molar-refractivity contribution in [1.82, 2.24) is 5.32 Å². The third kappa shape index (κ3) is 2.19. The number of hydrogen-bond donors (Lipinski definition) is 3. The number of guanidine groups is 1. The first-order chi connectivity index (χ1) is 7.49. The van der Waals surface area contributed by atoms with Crippen LogP contribution in [0.1, 0.15) is 12.5 Å². The van der Waals surface area contributed by atoms with Crippen molar-refractivity contribution in [3.63, 3.8) is 0 Å². The van der Waals surface area contributed by atoms with Crippen LogP contribution in [0.3, 0.4) is 0 Å². The topological polar surface area (TPSA) is 76.4 Å². The Balaban J connectivity index is 2.45. The molecule has 5 N–H and O–H groups in total. The highest BCUT2D eigenvalue weighted by molar-refractivity contribution is 14.1. The maximum Gasteiger partial charge on any atom is 0.195 e. The van der Waals surface area contributed by atoms with Gasteiger partial charge in [0.05, 0.1) is 0 Å². The maximum absolute atomic E-state index is 6.22. The van der Waals surface area contributed by atoms with Crippen LogP contribution >= 0.6 is 22.6 Å². The lowest BCUT2D eigenvalue weighted by Gasteiger charge is -2.27. The molecule has 0 amide bonds. The molecule has 0 aromatic heterocycles. The van der Waals surface area contributed by atoms with Gasteiger partial charge in [-0.1, -0.05) is 12.1 Å².